The molecule has 0 saturated carbocycles. The number of hydrogen-bond donors (Lipinski definition) is 1. The Balaban J connectivity index is 1.24. The molecule has 154 valence electrons. The lowest BCUT2D eigenvalue weighted by Crippen LogP contribution is -2.51. The Morgan fingerprint density at radius 3 is 2.69 bits per heavy atom. The van der Waals surface area contributed by atoms with E-state index in [4.69, 9.17) is 9.15 Å². The summed E-state index contributed by atoms with van der Waals surface area (Å²) in [6.45, 7) is 2.82. The summed E-state index contributed by atoms with van der Waals surface area (Å²) < 4.78 is 11.2. The van der Waals surface area contributed by atoms with Gasteiger partial charge in [0.2, 0.25) is 0 Å². The Kier molecular flexibility index (Phi) is 5.94. The van der Waals surface area contributed by atoms with Crippen molar-refractivity contribution < 1.29 is 18.7 Å². The van der Waals surface area contributed by atoms with Gasteiger partial charge in [-0.2, -0.15) is 0 Å². The maximum Gasteiger partial charge on any atom is 0.257 e. The second-order valence-corrected chi connectivity index (χ2v) is 7.97. The van der Waals surface area contributed by atoms with Gasteiger partial charge in [-0.05, 0) is 56.2 Å². The van der Waals surface area contributed by atoms with E-state index in [1.165, 1.54) is 12.5 Å². The van der Waals surface area contributed by atoms with Gasteiger partial charge < -0.3 is 19.4 Å². The summed E-state index contributed by atoms with van der Waals surface area (Å²) in [7, 11) is 0. The van der Waals surface area contributed by atoms with Crippen molar-refractivity contribution in [1.29, 1.82) is 0 Å². The summed E-state index contributed by atoms with van der Waals surface area (Å²) in [5, 5.41) is 3.01. The number of ether oxygens (including phenoxy) is 1. The number of rotatable bonds is 5. The maximum absolute atomic E-state index is 12.5. The summed E-state index contributed by atoms with van der Waals surface area (Å²) in [6.07, 6.45) is 11.0. The smallest absolute Gasteiger partial charge is 0.257 e. The minimum atomic E-state index is -0.134. The standard InChI is InChI=1S/C22H27N3O4/c26-20(18-2-8-23-9-3-18)24-10-1-17-4-14-29-22(15-17)6-11-25(12-7-22)21(27)19-5-13-28-16-19/h2-3,5,8-9,13,16-17H,1,4,6-7,10-12,14-15H2,(H,24,26). The number of hydrogen-bond acceptors (Lipinski definition) is 5. The SMILES string of the molecule is O=C(NCCC1CCOC2(CCN(C(=O)c3ccoc3)CC2)C1)c1ccncc1. The molecule has 0 aliphatic carbocycles. The molecular weight excluding hydrogens is 370 g/mol. The van der Waals surface area contributed by atoms with Gasteiger partial charge >= 0.3 is 0 Å². The highest BCUT2D eigenvalue weighted by Gasteiger charge is 2.41. The highest BCUT2D eigenvalue weighted by molar-refractivity contribution is 5.94. The third-order valence-corrected chi connectivity index (χ3v) is 6.11. The highest BCUT2D eigenvalue weighted by Crippen LogP contribution is 2.38. The van der Waals surface area contributed by atoms with Crippen LogP contribution in [0.3, 0.4) is 0 Å². The quantitative estimate of drug-likeness (QED) is 0.839. The first-order valence-electron chi connectivity index (χ1n) is 10.3. The zero-order chi connectivity index (χ0) is 20.1. The van der Waals surface area contributed by atoms with Gasteiger partial charge in [0.05, 0.1) is 17.4 Å². The second kappa shape index (κ2) is 8.78. The molecule has 29 heavy (non-hydrogen) atoms. The van der Waals surface area contributed by atoms with E-state index >= 15 is 0 Å². The van der Waals surface area contributed by atoms with Crippen LogP contribution in [-0.4, -0.2) is 53.5 Å². The fourth-order valence-corrected chi connectivity index (χ4v) is 4.41. The van der Waals surface area contributed by atoms with Crippen molar-refractivity contribution in [1.82, 2.24) is 15.2 Å². The largest absolute Gasteiger partial charge is 0.472 e. The number of nitrogens with one attached hydrogen (secondary N) is 1. The summed E-state index contributed by atoms with van der Waals surface area (Å²) in [4.78, 5) is 30.5. The van der Waals surface area contributed by atoms with Gasteiger partial charge in [-0.15, -0.1) is 0 Å². The average Bonchev–Trinajstić information content (AvgIpc) is 3.29. The molecule has 2 aromatic rings. The Bertz CT molecular complexity index is 814. The summed E-state index contributed by atoms with van der Waals surface area (Å²) in [6, 6.07) is 5.15. The Morgan fingerprint density at radius 1 is 1.17 bits per heavy atom. The minimum Gasteiger partial charge on any atom is -0.472 e. The number of piperidine rings is 1. The first-order valence-corrected chi connectivity index (χ1v) is 10.3. The predicted molar refractivity (Wildman–Crippen MR) is 106 cm³/mol. The average molecular weight is 397 g/mol. The molecule has 1 spiro atoms. The van der Waals surface area contributed by atoms with Gasteiger partial charge in [0.15, 0.2) is 0 Å². The van der Waals surface area contributed by atoms with Gasteiger partial charge in [-0.1, -0.05) is 0 Å². The van der Waals surface area contributed by atoms with E-state index in [-0.39, 0.29) is 17.4 Å². The molecule has 2 aliphatic rings. The van der Waals surface area contributed by atoms with E-state index in [1.807, 2.05) is 4.90 Å². The lowest BCUT2D eigenvalue weighted by atomic mass is 9.78. The summed E-state index contributed by atoms with van der Waals surface area (Å²) in [5.41, 5.74) is 1.11. The number of carbonyl (C=O) groups excluding carboxylic acids is 2. The van der Waals surface area contributed by atoms with Gasteiger partial charge in [-0.3, -0.25) is 14.6 Å². The fraction of sp³-hybridized carbons (Fsp3) is 0.500. The molecule has 0 bridgehead atoms. The fourth-order valence-electron chi connectivity index (χ4n) is 4.41. The highest BCUT2D eigenvalue weighted by atomic mass is 16.5. The Labute approximate surface area is 170 Å². The second-order valence-electron chi connectivity index (χ2n) is 7.97. The monoisotopic (exact) mass is 397 g/mol. The third kappa shape index (κ3) is 4.67. The van der Waals surface area contributed by atoms with Crippen LogP contribution in [0.25, 0.3) is 0 Å². The van der Waals surface area contributed by atoms with Crippen LogP contribution in [0.1, 0.15) is 52.8 Å². The molecule has 1 atom stereocenters. The van der Waals surface area contributed by atoms with Crippen molar-refractivity contribution in [2.24, 2.45) is 5.92 Å². The molecule has 4 rings (SSSR count). The van der Waals surface area contributed by atoms with E-state index in [9.17, 15) is 9.59 Å². The van der Waals surface area contributed by atoms with Crippen molar-refractivity contribution in [3.05, 3.63) is 54.2 Å². The molecule has 1 N–H and O–H groups in total. The van der Waals surface area contributed by atoms with Gasteiger partial charge in [0, 0.05) is 44.2 Å². The van der Waals surface area contributed by atoms with Gasteiger partial charge in [0.1, 0.15) is 6.26 Å². The van der Waals surface area contributed by atoms with Crippen LogP contribution in [0.2, 0.25) is 0 Å². The minimum absolute atomic E-state index is 0.0276. The van der Waals surface area contributed by atoms with Crippen molar-refractivity contribution in [2.75, 3.05) is 26.2 Å². The van der Waals surface area contributed by atoms with Crippen molar-refractivity contribution in [3.63, 3.8) is 0 Å². The van der Waals surface area contributed by atoms with E-state index < -0.39 is 0 Å². The maximum atomic E-state index is 12.5. The van der Waals surface area contributed by atoms with Crippen LogP contribution in [-0.2, 0) is 4.74 Å². The van der Waals surface area contributed by atoms with E-state index in [0.29, 0.717) is 36.7 Å². The van der Waals surface area contributed by atoms with Gasteiger partial charge in [0.25, 0.3) is 11.8 Å². The molecule has 2 fully saturated rings. The zero-order valence-electron chi connectivity index (χ0n) is 16.5. The molecule has 2 aliphatic heterocycles. The molecule has 7 heteroatoms. The zero-order valence-corrected chi connectivity index (χ0v) is 16.5. The number of nitrogens with zero attached hydrogens (tertiary/aromatic N) is 2. The molecular formula is C22H27N3O4. The summed E-state index contributed by atoms with van der Waals surface area (Å²) >= 11 is 0. The van der Waals surface area contributed by atoms with Gasteiger partial charge in [-0.25, -0.2) is 0 Å². The molecule has 7 nitrogen and oxygen atoms in total. The van der Waals surface area contributed by atoms with E-state index in [0.717, 1.165) is 38.7 Å². The molecule has 0 aromatic carbocycles. The third-order valence-electron chi connectivity index (χ3n) is 6.11. The van der Waals surface area contributed by atoms with Crippen LogP contribution in [0.4, 0.5) is 0 Å². The van der Waals surface area contributed by atoms with Crippen molar-refractivity contribution >= 4 is 11.8 Å². The molecule has 1 unspecified atom stereocenters. The summed E-state index contributed by atoms with van der Waals surface area (Å²) in [5.74, 6) is 0.498. The van der Waals surface area contributed by atoms with Crippen LogP contribution < -0.4 is 5.32 Å². The Morgan fingerprint density at radius 2 is 1.97 bits per heavy atom. The molecule has 0 radical (unpaired) electrons. The number of furan rings is 1. The van der Waals surface area contributed by atoms with Crippen molar-refractivity contribution in [3.8, 4) is 0 Å². The van der Waals surface area contributed by atoms with Crippen LogP contribution in [0, 0.1) is 5.92 Å². The molecule has 2 aromatic heterocycles. The molecule has 4 heterocycles. The number of amides is 2. The van der Waals surface area contributed by atoms with E-state index in [2.05, 4.69) is 10.3 Å². The predicted octanol–water partition coefficient (Wildman–Crippen LogP) is 2.90. The Hall–Kier alpha value is -2.67. The van der Waals surface area contributed by atoms with E-state index in [1.54, 1.807) is 30.6 Å². The van der Waals surface area contributed by atoms with Crippen molar-refractivity contribution in [2.45, 2.75) is 37.7 Å². The molecule has 2 amide bonds. The first-order chi connectivity index (χ1) is 14.2. The number of carbonyl (C=O) groups is 2. The first kappa shape index (κ1) is 19.6. The van der Waals surface area contributed by atoms with Crippen LogP contribution in [0.15, 0.2) is 47.5 Å². The number of likely N-dealkylation sites (tertiary alicyclic amines) is 1. The molecule has 2 saturated heterocycles. The lowest BCUT2D eigenvalue weighted by molar-refractivity contribution is -0.124. The number of aromatic nitrogens is 1. The topological polar surface area (TPSA) is 84.7 Å². The van der Waals surface area contributed by atoms with Crippen LogP contribution in [0.5, 0.6) is 0 Å². The lowest BCUT2D eigenvalue weighted by Gasteiger charge is -2.46. The number of pyridine rings is 1. The van der Waals surface area contributed by atoms with Crippen LogP contribution >= 0.6 is 0 Å². The normalized spacial score (nSPS) is 21.1.